The Hall–Kier alpha value is -4.30. The zero-order chi connectivity index (χ0) is 26.1. The zero-order valence-electron chi connectivity index (χ0n) is 20.6. The number of carbonyl (C=O) groups excluding carboxylic acids is 2. The number of ether oxygens (including phenoxy) is 1. The number of hydrogen-bond acceptors (Lipinski definition) is 6. The van der Waals surface area contributed by atoms with Crippen LogP contribution in [-0.4, -0.2) is 27.5 Å². The maximum absolute atomic E-state index is 13.6. The topological polar surface area (TPSA) is 90.3 Å². The van der Waals surface area contributed by atoms with Gasteiger partial charge in [-0.1, -0.05) is 72.9 Å². The summed E-state index contributed by atoms with van der Waals surface area (Å²) in [5.74, 6) is -1.22. The van der Waals surface area contributed by atoms with Gasteiger partial charge in [-0.2, -0.15) is 0 Å². The van der Waals surface area contributed by atoms with E-state index in [2.05, 4.69) is 10.3 Å². The number of hydrogen-bond donors (Lipinski definition) is 1. The molecule has 8 heteroatoms. The van der Waals surface area contributed by atoms with Gasteiger partial charge in [0, 0.05) is 18.0 Å². The number of aryl methyl sites for hydroxylation is 1. The molecule has 0 saturated carbocycles. The fourth-order valence-corrected chi connectivity index (χ4v) is 5.35. The molecule has 0 spiro atoms. The van der Waals surface area contributed by atoms with Gasteiger partial charge in [0.25, 0.3) is 11.5 Å². The van der Waals surface area contributed by atoms with Crippen molar-refractivity contribution in [3.8, 4) is 11.1 Å². The first-order chi connectivity index (χ1) is 17.9. The van der Waals surface area contributed by atoms with Crippen molar-refractivity contribution < 1.29 is 14.3 Å². The second-order valence-electron chi connectivity index (χ2n) is 8.78. The quantitative estimate of drug-likeness (QED) is 0.296. The Bertz CT molecular complexity index is 1710. The van der Waals surface area contributed by atoms with E-state index in [9.17, 15) is 14.4 Å². The van der Waals surface area contributed by atoms with E-state index in [0.29, 0.717) is 21.5 Å². The molecule has 1 unspecified atom stereocenters. The summed E-state index contributed by atoms with van der Waals surface area (Å²) in [5.41, 5.74) is 3.02. The standard InChI is InChI=1S/C29H25N3O4S/c1-4-22(26(33)31-29-30-21-15-14-17(2)16-23(21)37-29)36-28(35)25-24(18-10-6-5-7-11-18)19-12-8-9-13-20(19)27(34)32(25)3/h5-16,22H,4H2,1-3H3,(H,30,31,33). The summed E-state index contributed by atoms with van der Waals surface area (Å²) in [4.78, 5) is 44.3. The minimum atomic E-state index is -1.06. The minimum Gasteiger partial charge on any atom is -0.448 e. The number of rotatable bonds is 6. The van der Waals surface area contributed by atoms with Crippen LogP contribution in [0.25, 0.3) is 32.1 Å². The molecule has 7 nitrogen and oxygen atoms in total. The van der Waals surface area contributed by atoms with E-state index < -0.39 is 18.0 Å². The molecule has 1 atom stereocenters. The normalized spacial score (nSPS) is 12.0. The molecule has 1 N–H and O–H groups in total. The third-order valence-electron chi connectivity index (χ3n) is 6.25. The van der Waals surface area contributed by atoms with Crippen LogP contribution < -0.4 is 10.9 Å². The van der Waals surface area contributed by atoms with Crippen LogP contribution in [0.4, 0.5) is 5.13 Å². The second-order valence-corrected chi connectivity index (χ2v) is 9.81. The smallest absolute Gasteiger partial charge is 0.356 e. The lowest BCUT2D eigenvalue weighted by Gasteiger charge is -2.20. The minimum absolute atomic E-state index is 0.0941. The molecule has 0 fully saturated rings. The molecule has 0 bridgehead atoms. The van der Waals surface area contributed by atoms with Gasteiger partial charge in [0.15, 0.2) is 11.2 Å². The van der Waals surface area contributed by atoms with Gasteiger partial charge in [0.2, 0.25) is 0 Å². The summed E-state index contributed by atoms with van der Waals surface area (Å²) in [6.45, 7) is 3.75. The molecule has 3 aromatic carbocycles. The van der Waals surface area contributed by atoms with Gasteiger partial charge in [-0.15, -0.1) is 0 Å². The first-order valence-corrected chi connectivity index (χ1v) is 12.7. The second kappa shape index (κ2) is 9.99. The molecule has 1 amide bonds. The highest BCUT2D eigenvalue weighted by Gasteiger charge is 2.28. The molecule has 2 aromatic heterocycles. The van der Waals surface area contributed by atoms with Gasteiger partial charge in [-0.05, 0) is 48.1 Å². The molecule has 2 heterocycles. The summed E-state index contributed by atoms with van der Waals surface area (Å²) in [5, 5.41) is 4.36. The van der Waals surface area contributed by atoms with Crippen molar-refractivity contribution in [3.05, 3.63) is 94.4 Å². The third kappa shape index (κ3) is 4.63. The van der Waals surface area contributed by atoms with Crippen molar-refractivity contribution >= 4 is 49.3 Å². The SMILES string of the molecule is CCC(OC(=O)c1c(-c2ccccc2)c2ccccc2c(=O)n1C)C(=O)Nc1nc2ccc(C)cc2s1. The lowest BCUT2D eigenvalue weighted by Crippen LogP contribution is -2.34. The Labute approximate surface area is 217 Å². The van der Waals surface area contributed by atoms with E-state index >= 15 is 0 Å². The van der Waals surface area contributed by atoms with Gasteiger partial charge in [-0.25, -0.2) is 9.78 Å². The first kappa shape index (κ1) is 24.4. The number of pyridine rings is 1. The van der Waals surface area contributed by atoms with Crippen LogP contribution in [0.15, 0.2) is 77.6 Å². The van der Waals surface area contributed by atoms with E-state index in [4.69, 9.17) is 4.74 Å². The molecule has 0 aliphatic rings. The monoisotopic (exact) mass is 511 g/mol. The lowest BCUT2D eigenvalue weighted by molar-refractivity contribution is -0.124. The van der Waals surface area contributed by atoms with Crippen LogP contribution in [0.1, 0.15) is 29.4 Å². The van der Waals surface area contributed by atoms with Crippen molar-refractivity contribution in [3.63, 3.8) is 0 Å². The van der Waals surface area contributed by atoms with Crippen LogP contribution >= 0.6 is 11.3 Å². The highest BCUT2D eigenvalue weighted by molar-refractivity contribution is 7.22. The Kier molecular flexibility index (Phi) is 6.58. The largest absolute Gasteiger partial charge is 0.448 e. The predicted molar refractivity (Wildman–Crippen MR) is 147 cm³/mol. The number of esters is 1. The first-order valence-electron chi connectivity index (χ1n) is 11.9. The number of anilines is 1. The number of thiazole rings is 1. The van der Waals surface area contributed by atoms with Gasteiger partial charge in [0.1, 0.15) is 5.69 Å². The maximum atomic E-state index is 13.6. The highest BCUT2D eigenvalue weighted by Crippen LogP contribution is 2.31. The van der Waals surface area contributed by atoms with Crippen molar-refractivity contribution in [2.24, 2.45) is 7.05 Å². The van der Waals surface area contributed by atoms with E-state index in [1.54, 1.807) is 26.1 Å². The van der Waals surface area contributed by atoms with Crippen molar-refractivity contribution in [1.29, 1.82) is 0 Å². The number of amides is 1. The summed E-state index contributed by atoms with van der Waals surface area (Å²) in [6, 6.07) is 22.4. The number of benzene rings is 3. The summed E-state index contributed by atoms with van der Waals surface area (Å²) in [6.07, 6.45) is -0.810. The van der Waals surface area contributed by atoms with Gasteiger partial charge in [0.05, 0.1) is 10.2 Å². The van der Waals surface area contributed by atoms with Crippen molar-refractivity contribution in [2.45, 2.75) is 26.4 Å². The maximum Gasteiger partial charge on any atom is 0.356 e. The van der Waals surface area contributed by atoms with Crippen LogP contribution in [0.3, 0.4) is 0 Å². The van der Waals surface area contributed by atoms with Gasteiger partial charge < -0.3 is 9.30 Å². The number of nitrogens with one attached hydrogen (secondary N) is 1. The molecular formula is C29H25N3O4S. The predicted octanol–water partition coefficient (Wildman–Crippen LogP) is 5.70. The molecule has 0 saturated heterocycles. The molecule has 5 aromatic rings. The van der Waals surface area contributed by atoms with Crippen LogP contribution in [-0.2, 0) is 16.6 Å². The van der Waals surface area contributed by atoms with Crippen LogP contribution in [0.2, 0.25) is 0 Å². The van der Waals surface area contributed by atoms with E-state index in [0.717, 1.165) is 21.3 Å². The number of fused-ring (bicyclic) bond motifs is 2. The average molecular weight is 512 g/mol. The van der Waals surface area contributed by atoms with Crippen LogP contribution in [0.5, 0.6) is 0 Å². The Morgan fingerprint density at radius 3 is 2.46 bits per heavy atom. The van der Waals surface area contributed by atoms with Crippen molar-refractivity contribution in [2.75, 3.05) is 5.32 Å². The van der Waals surface area contributed by atoms with Gasteiger partial charge in [-0.3, -0.25) is 14.9 Å². The van der Waals surface area contributed by atoms with Crippen molar-refractivity contribution in [1.82, 2.24) is 9.55 Å². The van der Waals surface area contributed by atoms with E-state index in [1.165, 1.54) is 15.9 Å². The number of nitrogens with zero attached hydrogens (tertiary/aromatic N) is 2. The highest BCUT2D eigenvalue weighted by atomic mass is 32.1. The fourth-order valence-electron chi connectivity index (χ4n) is 4.38. The van der Waals surface area contributed by atoms with E-state index in [1.807, 2.05) is 67.6 Å². The number of aromatic nitrogens is 2. The Balaban J connectivity index is 1.50. The zero-order valence-corrected chi connectivity index (χ0v) is 21.5. The molecule has 5 rings (SSSR count). The Morgan fingerprint density at radius 1 is 1.03 bits per heavy atom. The lowest BCUT2D eigenvalue weighted by atomic mass is 9.97. The average Bonchev–Trinajstić information content (AvgIpc) is 3.30. The van der Waals surface area contributed by atoms with Gasteiger partial charge >= 0.3 is 5.97 Å². The molecule has 0 aliphatic heterocycles. The summed E-state index contributed by atoms with van der Waals surface area (Å²) < 4.78 is 7.98. The molecule has 0 radical (unpaired) electrons. The molecule has 186 valence electrons. The summed E-state index contributed by atoms with van der Waals surface area (Å²) >= 11 is 1.36. The van der Waals surface area contributed by atoms with Crippen LogP contribution in [0, 0.1) is 6.92 Å². The Morgan fingerprint density at radius 2 is 1.73 bits per heavy atom. The van der Waals surface area contributed by atoms with E-state index in [-0.39, 0.29) is 17.7 Å². The molecule has 0 aliphatic carbocycles. The third-order valence-corrected chi connectivity index (χ3v) is 7.18. The summed E-state index contributed by atoms with van der Waals surface area (Å²) in [7, 11) is 1.54. The molecule has 37 heavy (non-hydrogen) atoms. The molecular weight excluding hydrogens is 486 g/mol. The number of carbonyl (C=O) groups is 2. The fraction of sp³-hybridized carbons (Fsp3) is 0.172.